The zero-order valence-corrected chi connectivity index (χ0v) is 24.4. The van der Waals surface area contributed by atoms with Gasteiger partial charge in [0.1, 0.15) is 0 Å². The lowest BCUT2D eigenvalue weighted by atomic mass is 9.80. The number of rotatable bonds is 10. The number of methoxy groups -OCH3 is 1. The lowest BCUT2D eigenvalue weighted by molar-refractivity contribution is -0.384. The predicted molar refractivity (Wildman–Crippen MR) is 152 cm³/mol. The van der Waals surface area contributed by atoms with Gasteiger partial charge in [-0.1, -0.05) is 18.6 Å². The molecule has 0 radical (unpaired) electrons. The van der Waals surface area contributed by atoms with Gasteiger partial charge < -0.3 is 24.4 Å². The van der Waals surface area contributed by atoms with E-state index in [4.69, 9.17) is 14.2 Å². The largest absolute Gasteiger partial charge is 0.466 e. The predicted octanol–water partition coefficient (Wildman–Crippen LogP) is 4.89. The highest BCUT2D eigenvalue weighted by Gasteiger charge is 2.38. The molecule has 39 heavy (non-hydrogen) atoms. The maximum absolute atomic E-state index is 13.2. The molecule has 0 bridgehead atoms. The number of nitro benzene ring substituents is 1. The molecule has 0 spiro atoms. The zero-order valence-electron chi connectivity index (χ0n) is 23.6. The van der Waals surface area contributed by atoms with Crippen LogP contribution in [-0.2, 0) is 23.8 Å². The number of esters is 2. The lowest BCUT2D eigenvalue weighted by Gasteiger charge is -2.30. The highest BCUT2D eigenvalue weighted by atomic mass is 35.5. The fraction of sp³-hybridized carbons (Fsp3) is 0.571. The second-order valence-electron chi connectivity index (χ2n) is 9.15. The summed E-state index contributed by atoms with van der Waals surface area (Å²) in [4.78, 5) is 38.8. The van der Waals surface area contributed by atoms with Crippen molar-refractivity contribution in [1.29, 1.82) is 0 Å². The van der Waals surface area contributed by atoms with Crippen molar-refractivity contribution >= 4 is 30.0 Å². The van der Waals surface area contributed by atoms with Crippen LogP contribution in [0.25, 0.3) is 0 Å². The average Bonchev–Trinajstić information content (AvgIpc) is 2.91. The maximum Gasteiger partial charge on any atom is 0.336 e. The molecular weight excluding hydrogens is 526 g/mol. The fourth-order valence-corrected chi connectivity index (χ4v) is 4.68. The normalized spacial score (nSPS) is 17.3. The first-order valence-electron chi connectivity index (χ1n) is 13.2. The zero-order chi connectivity index (χ0) is 28.1. The van der Waals surface area contributed by atoms with Crippen molar-refractivity contribution in [3.63, 3.8) is 0 Å². The molecule has 1 saturated heterocycles. The number of allylic oxidation sites excluding steroid dienone is 2. The number of hydrogen-bond donors (Lipinski definition) is 1. The number of benzene rings is 1. The molecule has 0 amide bonds. The molecule has 0 saturated carbocycles. The van der Waals surface area contributed by atoms with Crippen LogP contribution in [0.15, 0.2) is 46.8 Å². The van der Waals surface area contributed by atoms with E-state index in [1.165, 1.54) is 38.5 Å². The average molecular weight is 568 g/mol. The van der Waals surface area contributed by atoms with Gasteiger partial charge in [0.25, 0.3) is 5.69 Å². The van der Waals surface area contributed by atoms with Crippen LogP contribution in [0.2, 0.25) is 0 Å². The van der Waals surface area contributed by atoms with Gasteiger partial charge in [0.15, 0.2) is 0 Å². The number of carbonyl (C=O) groups excluding carboxylic acids is 2. The van der Waals surface area contributed by atoms with E-state index in [9.17, 15) is 19.7 Å². The Morgan fingerprint density at radius 1 is 1.00 bits per heavy atom. The second-order valence-corrected chi connectivity index (χ2v) is 9.15. The molecule has 1 N–H and O–H groups in total. The second kappa shape index (κ2) is 17.6. The maximum atomic E-state index is 13.2. The van der Waals surface area contributed by atoms with E-state index < -0.39 is 22.8 Å². The van der Waals surface area contributed by atoms with Gasteiger partial charge in [0, 0.05) is 43.3 Å². The number of dihydropyridines is 1. The van der Waals surface area contributed by atoms with E-state index in [1.807, 2.05) is 13.8 Å². The third kappa shape index (κ3) is 9.94. The first kappa shape index (κ1) is 34.1. The van der Waals surface area contributed by atoms with Gasteiger partial charge in [0.05, 0.1) is 35.7 Å². The van der Waals surface area contributed by atoms with Crippen LogP contribution >= 0.6 is 12.4 Å². The number of carbonyl (C=O) groups is 2. The number of nitrogens with zero attached hydrogens (tertiary/aromatic N) is 2. The van der Waals surface area contributed by atoms with Crippen LogP contribution in [0, 0.1) is 10.1 Å². The standard InChI is InChI=1S/C24H31N3O6.C4H10O.ClH/c1-16-20(23(28)32-3)22(18-8-10-19(11-9-18)27(30)31)21(17(2)25-16)24(29)33-15-7-14-26-12-5-4-6-13-26;1-3-5-4-2;/h8-11,22,25H,4-7,12-15H2,1-3H3;3-4H2,1-2H3;1H. The molecule has 3 rings (SSSR count). The molecule has 2 aliphatic rings. The van der Waals surface area contributed by atoms with Crippen molar-refractivity contribution in [3.05, 3.63) is 62.5 Å². The smallest absolute Gasteiger partial charge is 0.336 e. The Hall–Kier alpha value is -2.95. The number of nitrogens with one attached hydrogen (secondary N) is 1. The van der Waals surface area contributed by atoms with Gasteiger partial charge in [-0.2, -0.15) is 0 Å². The van der Waals surface area contributed by atoms with Crippen molar-refractivity contribution in [2.24, 2.45) is 0 Å². The Morgan fingerprint density at radius 3 is 2.05 bits per heavy atom. The molecule has 1 unspecified atom stereocenters. The van der Waals surface area contributed by atoms with Crippen molar-refractivity contribution < 1.29 is 28.7 Å². The Bertz CT molecular complexity index is 1020. The van der Waals surface area contributed by atoms with E-state index >= 15 is 0 Å². The highest BCUT2D eigenvalue weighted by molar-refractivity contribution is 5.99. The number of piperidine rings is 1. The highest BCUT2D eigenvalue weighted by Crippen LogP contribution is 2.39. The van der Waals surface area contributed by atoms with Gasteiger partial charge >= 0.3 is 11.9 Å². The first-order valence-corrected chi connectivity index (χ1v) is 13.2. The summed E-state index contributed by atoms with van der Waals surface area (Å²) < 4.78 is 15.4. The van der Waals surface area contributed by atoms with Crippen molar-refractivity contribution in [3.8, 4) is 0 Å². The quantitative estimate of drug-likeness (QED) is 0.182. The summed E-state index contributed by atoms with van der Waals surface area (Å²) in [6, 6.07) is 5.83. The minimum absolute atomic E-state index is 0. The Morgan fingerprint density at radius 2 is 1.56 bits per heavy atom. The molecule has 2 aliphatic heterocycles. The van der Waals surface area contributed by atoms with Gasteiger partial charge in [-0.05, 0) is 65.6 Å². The van der Waals surface area contributed by atoms with Crippen LogP contribution in [0.3, 0.4) is 0 Å². The Labute approximate surface area is 237 Å². The molecule has 1 atom stereocenters. The van der Waals surface area contributed by atoms with E-state index in [1.54, 1.807) is 26.0 Å². The fourth-order valence-electron chi connectivity index (χ4n) is 4.68. The third-order valence-corrected chi connectivity index (χ3v) is 6.53. The lowest BCUT2D eigenvalue weighted by Crippen LogP contribution is -2.33. The number of nitro groups is 1. The molecule has 218 valence electrons. The van der Waals surface area contributed by atoms with Crippen LogP contribution in [0.4, 0.5) is 5.69 Å². The van der Waals surface area contributed by atoms with E-state index in [0.29, 0.717) is 22.5 Å². The van der Waals surface area contributed by atoms with Crippen molar-refractivity contribution in [2.45, 2.75) is 59.3 Å². The van der Waals surface area contributed by atoms with Crippen LogP contribution in [0.5, 0.6) is 0 Å². The van der Waals surface area contributed by atoms with E-state index in [2.05, 4.69) is 10.2 Å². The number of non-ortho nitro benzene ring substituents is 1. The number of ether oxygens (including phenoxy) is 3. The van der Waals surface area contributed by atoms with E-state index in [-0.39, 0.29) is 30.3 Å². The molecule has 0 aromatic heterocycles. The molecule has 2 heterocycles. The molecule has 0 aliphatic carbocycles. The number of hydrogen-bond acceptors (Lipinski definition) is 9. The summed E-state index contributed by atoms with van der Waals surface area (Å²) in [5.41, 5.74) is 2.20. The Kier molecular flexibility index (Phi) is 15.4. The molecule has 1 fully saturated rings. The molecule has 1 aromatic carbocycles. The van der Waals surface area contributed by atoms with Crippen LogP contribution < -0.4 is 5.32 Å². The number of likely N-dealkylation sites (tertiary alicyclic amines) is 1. The van der Waals surface area contributed by atoms with Crippen LogP contribution in [-0.4, -0.2) is 68.3 Å². The first-order chi connectivity index (χ1) is 18.2. The van der Waals surface area contributed by atoms with Crippen LogP contribution in [0.1, 0.15) is 64.9 Å². The summed E-state index contributed by atoms with van der Waals surface area (Å²) in [6.07, 6.45) is 4.41. The minimum atomic E-state index is -0.755. The summed E-state index contributed by atoms with van der Waals surface area (Å²) >= 11 is 0. The van der Waals surface area contributed by atoms with Gasteiger partial charge in [-0.25, -0.2) is 9.59 Å². The summed E-state index contributed by atoms with van der Waals surface area (Å²) in [5.74, 6) is -1.85. The molecule has 11 heteroatoms. The topological polar surface area (TPSA) is 120 Å². The van der Waals surface area contributed by atoms with Gasteiger partial charge in [-0.3, -0.25) is 10.1 Å². The summed E-state index contributed by atoms with van der Waals surface area (Å²) in [7, 11) is 1.28. The Balaban J connectivity index is 0.00000116. The summed E-state index contributed by atoms with van der Waals surface area (Å²) in [5, 5.41) is 14.2. The molecular formula is C28H42ClN3O7. The minimum Gasteiger partial charge on any atom is -0.466 e. The SMILES string of the molecule is CCOCC.COC(=O)C1=C(C)NC(C)=C(C(=O)OCCCN2CCCCC2)C1c1ccc([N+](=O)[O-])cc1.Cl. The summed E-state index contributed by atoms with van der Waals surface area (Å²) in [6.45, 7) is 12.5. The molecule has 1 aromatic rings. The monoisotopic (exact) mass is 567 g/mol. The van der Waals surface area contributed by atoms with Gasteiger partial charge in [-0.15, -0.1) is 12.4 Å². The third-order valence-electron chi connectivity index (χ3n) is 6.53. The molecule has 10 nitrogen and oxygen atoms in total. The van der Waals surface area contributed by atoms with E-state index in [0.717, 1.165) is 39.3 Å². The van der Waals surface area contributed by atoms with Gasteiger partial charge in [0.2, 0.25) is 0 Å². The number of halogens is 1. The van der Waals surface area contributed by atoms with Crippen molar-refractivity contribution in [1.82, 2.24) is 10.2 Å². The van der Waals surface area contributed by atoms with Crippen molar-refractivity contribution in [2.75, 3.05) is 46.6 Å².